The number of hydrogen-bond donors (Lipinski definition) is 11. The Kier molecular flexibility index (Phi) is 49.0. The fourth-order valence-corrected chi connectivity index (χ4v) is 13.4. The van der Waals surface area contributed by atoms with Crippen molar-refractivity contribution in [3.63, 3.8) is 0 Å². The molecule has 3 rings (SSSR count). The van der Waals surface area contributed by atoms with Crippen LogP contribution < -0.4 is 0 Å². The van der Waals surface area contributed by atoms with E-state index in [1.165, 1.54) is 135 Å². The number of carbonyl (C=O) groups excluding carboxylic acids is 3. The molecule has 564 valence electrons. The fraction of sp³-hybridized carbons (Fsp3) is 0.930. The highest BCUT2D eigenvalue weighted by atomic mass is 31.2. The largest absolute Gasteiger partial charge is 0.472 e. The first-order valence-corrected chi connectivity index (χ1v) is 39.0. The van der Waals surface area contributed by atoms with Crippen LogP contribution in [0.2, 0.25) is 0 Å². The average molecular weight is 1400 g/mol. The highest BCUT2D eigenvalue weighted by Crippen LogP contribution is 2.49. The summed E-state index contributed by atoms with van der Waals surface area (Å²) < 4.78 is 65.0. The standard InChI is InChI=1S/C71H131O24P/c1-4-7-10-13-16-19-22-25-27-29-32-35-38-41-44-47-57(75)90-52(49-87-55(73)45-42-39-36-34-31-28-26-23-20-17-14-11-8-5-2)50-89-96(85,86)95-69-67(93-70-65(83)60(78)58(76)53(48-72)91-70)63(81)62(80)64(82)68(69)94-71-66(84)61(79)59(77)54(92-71)51-88-56(74)46-43-40-37-33-30-24-21-18-15-12-9-6-3/h28,31,52-54,58-72,76-84H,4-27,29-30,32-51H2,1-3H3,(H,85,86)/b31-28-. The molecule has 0 radical (unpaired) electrons. The van der Waals surface area contributed by atoms with Gasteiger partial charge in [0.15, 0.2) is 18.7 Å². The van der Waals surface area contributed by atoms with Crippen LogP contribution in [0.4, 0.5) is 0 Å². The van der Waals surface area contributed by atoms with E-state index in [4.69, 9.17) is 42.2 Å². The maximum atomic E-state index is 14.3. The van der Waals surface area contributed by atoms with Gasteiger partial charge in [-0.1, -0.05) is 238 Å². The number of aliphatic hydroxyl groups is 10. The van der Waals surface area contributed by atoms with Crippen LogP contribution in [-0.2, 0) is 61.2 Å². The molecule has 24 nitrogen and oxygen atoms in total. The molecule has 18 unspecified atom stereocenters. The first kappa shape index (κ1) is 87.9. The van der Waals surface area contributed by atoms with E-state index in [2.05, 4.69) is 32.9 Å². The van der Waals surface area contributed by atoms with Crippen LogP contribution in [0.3, 0.4) is 0 Å². The maximum Gasteiger partial charge on any atom is 0.472 e. The maximum absolute atomic E-state index is 14.3. The van der Waals surface area contributed by atoms with Gasteiger partial charge in [-0.2, -0.15) is 0 Å². The first-order chi connectivity index (χ1) is 46.3. The van der Waals surface area contributed by atoms with Crippen molar-refractivity contribution >= 4 is 25.7 Å². The number of ether oxygens (including phenoxy) is 7. The van der Waals surface area contributed by atoms with Crippen LogP contribution in [0.5, 0.6) is 0 Å². The third kappa shape index (κ3) is 36.5. The monoisotopic (exact) mass is 1400 g/mol. The van der Waals surface area contributed by atoms with Crippen molar-refractivity contribution in [2.24, 2.45) is 0 Å². The summed E-state index contributed by atoms with van der Waals surface area (Å²) >= 11 is 0. The predicted molar refractivity (Wildman–Crippen MR) is 361 cm³/mol. The molecule has 0 bridgehead atoms. The Balaban J connectivity index is 1.75. The molecule has 0 aromatic rings. The van der Waals surface area contributed by atoms with Crippen LogP contribution >= 0.6 is 7.82 Å². The summed E-state index contributed by atoms with van der Waals surface area (Å²) in [5, 5.41) is 110. The van der Waals surface area contributed by atoms with Crippen LogP contribution in [0.1, 0.15) is 290 Å². The van der Waals surface area contributed by atoms with Crippen molar-refractivity contribution in [3.05, 3.63) is 12.2 Å². The van der Waals surface area contributed by atoms with Gasteiger partial charge in [0.1, 0.15) is 98.7 Å². The van der Waals surface area contributed by atoms with Crippen molar-refractivity contribution in [2.75, 3.05) is 26.4 Å². The van der Waals surface area contributed by atoms with Crippen molar-refractivity contribution in [2.45, 2.75) is 395 Å². The molecular formula is C71H131O24P. The summed E-state index contributed by atoms with van der Waals surface area (Å²) in [6.07, 6.45) is 11.4. The number of unbranched alkanes of at least 4 members (excludes halogenated alkanes) is 35. The summed E-state index contributed by atoms with van der Waals surface area (Å²) in [6, 6.07) is 0. The Hall–Kier alpha value is -2.30. The first-order valence-electron chi connectivity index (χ1n) is 37.5. The minimum absolute atomic E-state index is 0.0280. The molecular weight excluding hydrogens is 1270 g/mol. The fourth-order valence-electron chi connectivity index (χ4n) is 12.4. The minimum atomic E-state index is -5.69. The van der Waals surface area contributed by atoms with Gasteiger partial charge < -0.3 is 89.1 Å². The van der Waals surface area contributed by atoms with Gasteiger partial charge in [-0.15, -0.1) is 0 Å². The molecule has 3 fully saturated rings. The summed E-state index contributed by atoms with van der Waals surface area (Å²) in [5.74, 6) is -2.00. The van der Waals surface area contributed by atoms with Gasteiger partial charge in [0.05, 0.1) is 13.2 Å². The Bertz CT molecular complexity index is 2040. The SMILES string of the molecule is CCCCCCCCC/C=C\CCCCCC(=O)OCC(COP(=O)(O)OC1C(OC2OC(CO)C(O)C(O)C2O)C(O)C(O)C(O)C1OC1OC(COC(=O)CCCCCCCCCCCCCC)C(O)C(O)C1O)OC(=O)CCCCCCCCCCCCCCCCC. The molecule has 96 heavy (non-hydrogen) atoms. The van der Waals surface area contributed by atoms with Gasteiger partial charge in [0, 0.05) is 19.3 Å². The number of hydrogen-bond acceptors (Lipinski definition) is 23. The van der Waals surface area contributed by atoms with Gasteiger partial charge in [0.25, 0.3) is 0 Å². The molecule has 0 aromatic carbocycles. The Labute approximate surface area is 573 Å². The third-order valence-corrected chi connectivity index (χ3v) is 19.5. The molecule has 1 aliphatic carbocycles. The van der Waals surface area contributed by atoms with E-state index in [9.17, 15) is 74.9 Å². The van der Waals surface area contributed by atoms with Crippen molar-refractivity contribution in [1.29, 1.82) is 0 Å². The lowest BCUT2D eigenvalue weighted by Crippen LogP contribution is -2.69. The Morgan fingerprint density at radius 1 is 0.396 bits per heavy atom. The molecule has 0 spiro atoms. The van der Waals surface area contributed by atoms with E-state index in [0.717, 1.165) is 96.3 Å². The smallest absolute Gasteiger partial charge is 0.463 e. The Morgan fingerprint density at radius 3 is 1.14 bits per heavy atom. The van der Waals surface area contributed by atoms with Crippen LogP contribution in [-0.4, -0.2) is 204 Å². The summed E-state index contributed by atoms with van der Waals surface area (Å²) in [4.78, 5) is 50.9. The van der Waals surface area contributed by atoms with E-state index in [-0.39, 0.29) is 19.3 Å². The van der Waals surface area contributed by atoms with Gasteiger partial charge in [-0.05, 0) is 44.9 Å². The quantitative estimate of drug-likeness (QED) is 0.00886. The molecule has 2 heterocycles. The molecule has 11 N–H and O–H groups in total. The molecule has 0 aromatic heterocycles. The van der Waals surface area contributed by atoms with Crippen LogP contribution in [0.25, 0.3) is 0 Å². The molecule has 0 amide bonds. The number of esters is 3. The van der Waals surface area contributed by atoms with Gasteiger partial charge in [-0.25, -0.2) is 4.57 Å². The summed E-state index contributed by atoms with van der Waals surface area (Å²) in [5.41, 5.74) is 0. The molecule has 3 aliphatic rings. The van der Waals surface area contributed by atoms with E-state index >= 15 is 0 Å². The average Bonchev–Trinajstić information content (AvgIpc) is 0.788. The van der Waals surface area contributed by atoms with E-state index < -0.39 is 156 Å². The lowest BCUT2D eigenvalue weighted by atomic mass is 9.84. The second kappa shape index (κ2) is 53.5. The summed E-state index contributed by atoms with van der Waals surface area (Å²) in [6.45, 7) is 3.43. The second-order valence-corrected chi connectivity index (χ2v) is 28.4. The topological polar surface area (TPSA) is 374 Å². The number of phosphoric ester groups is 1. The highest BCUT2D eigenvalue weighted by Gasteiger charge is 2.58. The highest BCUT2D eigenvalue weighted by molar-refractivity contribution is 7.47. The van der Waals surface area contributed by atoms with E-state index in [0.29, 0.717) is 19.3 Å². The zero-order chi connectivity index (χ0) is 70.4. The zero-order valence-corrected chi connectivity index (χ0v) is 59.6. The van der Waals surface area contributed by atoms with Gasteiger partial charge >= 0.3 is 25.7 Å². The molecule has 1 saturated carbocycles. The number of allylic oxidation sites excluding steroid dienone is 2. The molecule has 2 aliphatic heterocycles. The lowest BCUT2D eigenvalue weighted by molar-refractivity contribution is -0.360. The minimum Gasteiger partial charge on any atom is -0.463 e. The number of aliphatic hydroxyl groups excluding tert-OH is 10. The van der Waals surface area contributed by atoms with Gasteiger partial charge in [0.2, 0.25) is 0 Å². The van der Waals surface area contributed by atoms with E-state index in [1.54, 1.807) is 0 Å². The van der Waals surface area contributed by atoms with Crippen molar-refractivity contribution in [1.82, 2.24) is 0 Å². The number of rotatable bonds is 58. The number of carbonyl (C=O) groups is 3. The lowest BCUT2D eigenvalue weighted by Gasteiger charge is -2.49. The van der Waals surface area contributed by atoms with E-state index in [1.807, 2.05) is 0 Å². The molecule has 25 heteroatoms. The van der Waals surface area contributed by atoms with Crippen LogP contribution in [0.15, 0.2) is 12.2 Å². The molecule has 2 saturated heterocycles. The van der Waals surface area contributed by atoms with Crippen molar-refractivity contribution < 1.29 is 117 Å². The predicted octanol–water partition coefficient (Wildman–Crippen LogP) is 9.96. The zero-order valence-electron chi connectivity index (χ0n) is 58.7. The normalized spacial score (nSPS) is 28.0. The summed E-state index contributed by atoms with van der Waals surface area (Å²) in [7, 11) is -5.69. The third-order valence-electron chi connectivity index (χ3n) is 18.5. The second-order valence-electron chi connectivity index (χ2n) is 27.0. The Morgan fingerprint density at radius 2 is 0.729 bits per heavy atom. The van der Waals surface area contributed by atoms with Gasteiger partial charge in [-0.3, -0.25) is 23.4 Å². The number of phosphoric acid groups is 1. The van der Waals surface area contributed by atoms with Crippen molar-refractivity contribution in [3.8, 4) is 0 Å². The van der Waals surface area contributed by atoms with Crippen LogP contribution in [0, 0.1) is 0 Å². The molecule has 18 atom stereocenters.